The van der Waals surface area contributed by atoms with Gasteiger partial charge >= 0.3 is 0 Å². The first-order valence-electron chi connectivity index (χ1n) is 5.28. The molecule has 2 aliphatic heterocycles. The Labute approximate surface area is 93.0 Å². The normalized spacial score (nSPS) is 35.1. The first kappa shape index (κ1) is 8.93. The van der Waals surface area contributed by atoms with Gasteiger partial charge in [-0.1, -0.05) is 28.1 Å². The summed E-state index contributed by atoms with van der Waals surface area (Å²) in [4.78, 5) is 0. The van der Waals surface area contributed by atoms with Crippen molar-refractivity contribution in [2.24, 2.45) is 0 Å². The lowest BCUT2D eigenvalue weighted by Crippen LogP contribution is -2.58. The van der Waals surface area contributed by atoms with E-state index in [-0.39, 0.29) is 0 Å². The maximum Gasteiger partial charge on any atom is 0.0175 e. The van der Waals surface area contributed by atoms with Gasteiger partial charge in [-0.15, -0.1) is 0 Å². The summed E-state index contributed by atoms with van der Waals surface area (Å²) in [5, 5.41) is 3.54. The zero-order chi connectivity index (χ0) is 9.60. The number of nitrogens with one attached hydrogen (secondary N) is 1. The molecular formula is C12H14BrN. The maximum atomic E-state index is 3.54. The highest BCUT2D eigenvalue weighted by Crippen LogP contribution is 2.49. The van der Waals surface area contributed by atoms with E-state index in [9.17, 15) is 0 Å². The number of rotatable bonds is 1. The Hall–Kier alpha value is -0.340. The Morgan fingerprint density at radius 2 is 1.93 bits per heavy atom. The van der Waals surface area contributed by atoms with E-state index in [1.165, 1.54) is 30.3 Å². The van der Waals surface area contributed by atoms with Crippen molar-refractivity contribution < 1.29 is 0 Å². The Morgan fingerprint density at radius 1 is 1.21 bits per heavy atom. The number of halogens is 1. The van der Waals surface area contributed by atoms with Crippen LogP contribution in [0, 0.1) is 0 Å². The molecule has 1 aliphatic carbocycles. The van der Waals surface area contributed by atoms with E-state index in [0.29, 0.717) is 5.41 Å². The van der Waals surface area contributed by atoms with Gasteiger partial charge in [0, 0.05) is 10.5 Å². The van der Waals surface area contributed by atoms with Crippen molar-refractivity contribution in [2.45, 2.75) is 30.7 Å². The zero-order valence-corrected chi connectivity index (χ0v) is 9.68. The lowest BCUT2D eigenvalue weighted by atomic mass is 9.57. The average molecular weight is 252 g/mol. The van der Waals surface area contributed by atoms with Crippen LogP contribution in [0.15, 0.2) is 28.7 Å². The van der Waals surface area contributed by atoms with Crippen molar-refractivity contribution in [1.29, 1.82) is 0 Å². The van der Waals surface area contributed by atoms with Gasteiger partial charge in [0.15, 0.2) is 0 Å². The molecule has 0 spiro atoms. The number of fused-ring (bicyclic) bond motifs is 2. The molecule has 1 N–H and O–H groups in total. The molecule has 4 rings (SSSR count). The molecule has 2 heteroatoms. The third-order valence-corrected chi connectivity index (χ3v) is 4.30. The van der Waals surface area contributed by atoms with Gasteiger partial charge < -0.3 is 5.32 Å². The van der Waals surface area contributed by atoms with Crippen LogP contribution in [0.25, 0.3) is 0 Å². The van der Waals surface area contributed by atoms with Crippen LogP contribution in [0.2, 0.25) is 0 Å². The second-order valence-corrected chi connectivity index (χ2v) is 5.51. The largest absolute Gasteiger partial charge is 0.314 e. The summed E-state index contributed by atoms with van der Waals surface area (Å²) in [6, 6.07) is 9.70. The van der Waals surface area contributed by atoms with Crippen molar-refractivity contribution in [3.8, 4) is 0 Å². The molecule has 74 valence electrons. The number of benzene rings is 1. The van der Waals surface area contributed by atoms with Crippen molar-refractivity contribution in [3.63, 3.8) is 0 Å². The summed E-state index contributed by atoms with van der Waals surface area (Å²) in [6.45, 7) is 1.20. The van der Waals surface area contributed by atoms with Crippen LogP contribution >= 0.6 is 15.9 Å². The fourth-order valence-corrected chi connectivity index (χ4v) is 3.20. The molecule has 0 aromatic heterocycles. The molecule has 0 amide bonds. The Morgan fingerprint density at radius 3 is 2.50 bits per heavy atom. The molecule has 1 aromatic rings. The van der Waals surface area contributed by atoms with Gasteiger partial charge in [0.25, 0.3) is 0 Å². The minimum Gasteiger partial charge on any atom is -0.314 e. The molecule has 1 nitrogen and oxygen atoms in total. The number of piperidine rings is 2. The molecular weight excluding hydrogens is 238 g/mol. The van der Waals surface area contributed by atoms with E-state index in [1.807, 2.05) is 0 Å². The van der Waals surface area contributed by atoms with Crippen molar-refractivity contribution in [2.75, 3.05) is 6.54 Å². The van der Waals surface area contributed by atoms with E-state index >= 15 is 0 Å². The van der Waals surface area contributed by atoms with Crippen molar-refractivity contribution >= 4 is 15.9 Å². The minimum atomic E-state index is 0.524. The van der Waals surface area contributed by atoms with Crippen molar-refractivity contribution in [1.82, 2.24) is 5.32 Å². The van der Waals surface area contributed by atoms with Crippen LogP contribution in [0.5, 0.6) is 0 Å². The van der Waals surface area contributed by atoms with E-state index in [0.717, 1.165) is 6.04 Å². The summed E-state index contributed by atoms with van der Waals surface area (Å²) in [7, 11) is 0. The second kappa shape index (κ2) is 3.07. The summed E-state index contributed by atoms with van der Waals surface area (Å²) >= 11 is 3.49. The lowest BCUT2D eigenvalue weighted by molar-refractivity contribution is 0.110. The van der Waals surface area contributed by atoms with Crippen LogP contribution in [-0.2, 0) is 5.41 Å². The van der Waals surface area contributed by atoms with Gasteiger partial charge in [0.05, 0.1) is 0 Å². The fourth-order valence-electron chi connectivity index (χ4n) is 2.93. The highest BCUT2D eigenvalue weighted by molar-refractivity contribution is 9.10. The SMILES string of the molecule is Brc1ccc(C23CCNC(C2)C3)cc1. The van der Waals surface area contributed by atoms with E-state index in [4.69, 9.17) is 0 Å². The first-order valence-corrected chi connectivity index (χ1v) is 6.07. The molecule has 2 heterocycles. The molecule has 2 bridgehead atoms. The monoisotopic (exact) mass is 251 g/mol. The molecule has 1 aromatic carbocycles. The molecule has 0 unspecified atom stereocenters. The van der Waals surface area contributed by atoms with Gasteiger partial charge in [0.1, 0.15) is 0 Å². The summed E-state index contributed by atoms with van der Waals surface area (Å²) in [5.41, 5.74) is 2.06. The Balaban J connectivity index is 1.91. The minimum absolute atomic E-state index is 0.524. The third kappa shape index (κ3) is 1.24. The summed E-state index contributed by atoms with van der Waals surface area (Å²) in [6.07, 6.45) is 3.99. The standard InChI is InChI=1S/C12H14BrN/c13-10-3-1-9(2-4-10)12-5-6-14-11(7-12)8-12/h1-4,11,14H,5-8H2. The number of hydrogen-bond donors (Lipinski definition) is 1. The summed E-state index contributed by atoms with van der Waals surface area (Å²) < 4.78 is 1.18. The number of hydrogen-bond acceptors (Lipinski definition) is 1. The molecule has 0 atom stereocenters. The Kier molecular flexibility index (Phi) is 1.96. The van der Waals surface area contributed by atoms with Gasteiger partial charge in [-0.3, -0.25) is 0 Å². The van der Waals surface area contributed by atoms with Crippen LogP contribution in [0.4, 0.5) is 0 Å². The Bertz CT molecular complexity index is 332. The molecule has 2 saturated heterocycles. The highest BCUT2D eigenvalue weighted by Gasteiger charge is 2.47. The van der Waals surface area contributed by atoms with Gasteiger partial charge in [-0.2, -0.15) is 0 Å². The van der Waals surface area contributed by atoms with E-state index in [1.54, 1.807) is 5.56 Å². The molecule has 0 radical (unpaired) electrons. The zero-order valence-electron chi connectivity index (χ0n) is 8.09. The molecule has 14 heavy (non-hydrogen) atoms. The summed E-state index contributed by atoms with van der Waals surface area (Å²) in [5.74, 6) is 0. The van der Waals surface area contributed by atoms with Crippen LogP contribution < -0.4 is 5.32 Å². The van der Waals surface area contributed by atoms with Gasteiger partial charge in [0.2, 0.25) is 0 Å². The quantitative estimate of drug-likeness (QED) is 0.810. The van der Waals surface area contributed by atoms with Crippen molar-refractivity contribution in [3.05, 3.63) is 34.3 Å². The van der Waals surface area contributed by atoms with Gasteiger partial charge in [-0.05, 0) is 48.9 Å². The first-order chi connectivity index (χ1) is 6.78. The van der Waals surface area contributed by atoms with Crippen LogP contribution in [0.1, 0.15) is 24.8 Å². The smallest absolute Gasteiger partial charge is 0.0175 e. The molecule has 3 aliphatic rings. The average Bonchev–Trinajstić information content (AvgIpc) is 2.18. The predicted octanol–water partition coefficient (Wildman–Crippen LogP) is 2.84. The maximum absolute atomic E-state index is 3.54. The third-order valence-electron chi connectivity index (χ3n) is 3.77. The lowest BCUT2D eigenvalue weighted by Gasteiger charge is -2.53. The highest BCUT2D eigenvalue weighted by atomic mass is 79.9. The fraction of sp³-hybridized carbons (Fsp3) is 0.500. The molecule has 1 saturated carbocycles. The predicted molar refractivity (Wildman–Crippen MR) is 61.5 cm³/mol. The van der Waals surface area contributed by atoms with Crippen LogP contribution in [0.3, 0.4) is 0 Å². The topological polar surface area (TPSA) is 12.0 Å². The molecule has 3 fully saturated rings. The van der Waals surface area contributed by atoms with E-state index in [2.05, 4.69) is 45.5 Å². The van der Waals surface area contributed by atoms with E-state index < -0.39 is 0 Å². The second-order valence-electron chi connectivity index (χ2n) is 4.60. The van der Waals surface area contributed by atoms with Crippen LogP contribution in [-0.4, -0.2) is 12.6 Å². The van der Waals surface area contributed by atoms with Gasteiger partial charge in [-0.25, -0.2) is 0 Å².